The molecule has 0 aliphatic carbocycles. The van der Waals surface area contributed by atoms with Crippen molar-refractivity contribution in [3.63, 3.8) is 0 Å². The lowest BCUT2D eigenvalue weighted by Gasteiger charge is -2.29. The molecule has 2 atom stereocenters. The number of aliphatic hydroxyl groups is 1. The largest absolute Gasteiger partial charge is 0.497 e. The summed E-state index contributed by atoms with van der Waals surface area (Å²) < 4.78 is 5.13. The Morgan fingerprint density at radius 2 is 1.86 bits per heavy atom. The van der Waals surface area contributed by atoms with Gasteiger partial charge in [-0.3, -0.25) is 0 Å². The van der Waals surface area contributed by atoms with Gasteiger partial charge in [-0.1, -0.05) is 18.6 Å². The molecule has 1 aromatic carbocycles. The van der Waals surface area contributed by atoms with E-state index in [0.717, 1.165) is 17.9 Å². The molecule has 1 aliphatic rings. The topological polar surface area (TPSA) is 44.7 Å². The fraction of sp³-hybridized carbons (Fsp3) is 0.647. The van der Waals surface area contributed by atoms with Crippen LogP contribution in [-0.2, 0) is 0 Å². The van der Waals surface area contributed by atoms with E-state index in [2.05, 4.69) is 17.1 Å². The Morgan fingerprint density at radius 3 is 2.48 bits per heavy atom. The molecule has 0 aromatic heterocycles. The average Bonchev–Trinajstić information content (AvgIpc) is 2.53. The van der Waals surface area contributed by atoms with Gasteiger partial charge < -0.3 is 20.1 Å². The first-order chi connectivity index (χ1) is 10.2. The van der Waals surface area contributed by atoms with Gasteiger partial charge in [0.15, 0.2) is 0 Å². The number of nitrogens with zero attached hydrogens (tertiary/aromatic N) is 1. The number of piperidine rings is 1. The molecule has 0 spiro atoms. The predicted molar refractivity (Wildman–Crippen MR) is 85.7 cm³/mol. The number of methoxy groups -OCH3 is 1. The van der Waals surface area contributed by atoms with Gasteiger partial charge in [0.1, 0.15) is 5.75 Å². The molecular weight excluding hydrogens is 264 g/mol. The highest BCUT2D eigenvalue weighted by Gasteiger charge is 2.14. The van der Waals surface area contributed by atoms with Gasteiger partial charge in [-0.15, -0.1) is 0 Å². The molecule has 0 radical (unpaired) electrons. The molecule has 2 unspecified atom stereocenters. The van der Waals surface area contributed by atoms with Crippen molar-refractivity contribution < 1.29 is 9.84 Å². The minimum absolute atomic E-state index is 0.399. The Labute approximate surface area is 128 Å². The van der Waals surface area contributed by atoms with Crippen LogP contribution >= 0.6 is 0 Å². The van der Waals surface area contributed by atoms with Crippen molar-refractivity contribution >= 4 is 0 Å². The van der Waals surface area contributed by atoms with Crippen molar-refractivity contribution in [2.24, 2.45) is 0 Å². The number of likely N-dealkylation sites (tertiary alicyclic amines) is 1. The second-order valence-corrected chi connectivity index (χ2v) is 5.96. The van der Waals surface area contributed by atoms with Gasteiger partial charge in [0, 0.05) is 19.1 Å². The number of nitrogens with one attached hydrogen (secondary N) is 1. The van der Waals surface area contributed by atoms with E-state index in [9.17, 15) is 5.11 Å². The second kappa shape index (κ2) is 8.37. The van der Waals surface area contributed by atoms with Gasteiger partial charge in [0.25, 0.3) is 0 Å². The van der Waals surface area contributed by atoms with Crippen molar-refractivity contribution in [1.82, 2.24) is 10.2 Å². The normalized spacial score (nSPS) is 19.2. The van der Waals surface area contributed by atoms with E-state index in [0.29, 0.717) is 12.6 Å². The van der Waals surface area contributed by atoms with Gasteiger partial charge in [0.05, 0.1) is 13.2 Å². The molecule has 0 saturated carbocycles. The third kappa shape index (κ3) is 5.30. The fourth-order valence-corrected chi connectivity index (χ4v) is 2.85. The lowest BCUT2D eigenvalue weighted by atomic mass is 10.1. The third-order valence-electron chi connectivity index (χ3n) is 4.14. The van der Waals surface area contributed by atoms with E-state index in [4.69, 9.17) is 4.74 Å². The van der Waals surface area contributed by atoms with Crippen LogP contribution in [-0.4, -0.2) is 49.3 Å². The summed E-state index contributed by atoms with van der Waals surface area (Å²) in [7, 11) is 1.65. The fourth-order valence-electron chi connectivity index (χ4n) is 2.85. The van der Waals surface area contributed by atoms with Crippen LogP contribution in [0.2, 0.25) is 0 Å². The minimum Gasteiger partial charge on any atom is -0.497 e. The van der Waals surface area contributed by atoms with E-state index in [1.807, 2.05) is 24.3 Å². The summed E-state index contributed by atoms with van der Waals surface area (Å²) in [6.45, 7) is 6.27. The number of benzene rings is 1. The van der Waals surface area contributed by atoms with Crippen LogP contribution in [0.5, 0.6) is 5.75 Å². The zero-order valence-corrected chi connectivity index (χ0v) is 13.2. The van der Waals surface area contributed by atoms with Crippen LogP contribution in [0.4, 0.5) is 0 Å². The highest BCUT2D eigenvalue weighted by Crippen LogP contribution is 2.17. The van der Waals surface area contributed by atoms with E-state index in [-0.39, 0.29) is 0 Å². The summed E-state index contributed by atoms with van der Waals surface area (Å²) in [6, 6.07) is 8.00. The monoisotopic (exact) mass is 292 g/mol. The van der Waals surface area contributed by atoms with Crippen molar-refractivity contribution in [1.29, 1.82) is 0 Å². The lowest BCUT2D eigenvalue weighted by molar-refractivity contribution is 0.159. The highest BCUT2D eigenvalue weighted by molar-refractivity contribution is 5.28. The van der Waals surface area contributed by atoms with Crippen LogP contribution in [0, 0.1) is 0 Å². The van der Waals surface area contributed by atoms with E-state index in [1.54, 1.807) is 7.11 Å². The maximum Gasteiger partial charge on any atom is 0.118 e. The molecule has 1 aliphatic heterocycles. The van der Waals surface area contributed by atoms with Crippen LogP contribution in [0.1, 0.15) is 37.9 Å². The van der Waals surface area contributed by atoms with Gasteiger partial charge in [-0.25, -0.2) is 0 Å². The number of rotatable bonds is 7. The quantitative estimate of drug-likeness (QED) is 0.808. The van der Waals surface area contributed by atoms with E-state index < -0.39 is 6.10 Å². The van der Waals surface area contributed by atoms with Crippen molar-refractivity contribution in [3.8, 4) is 5.75 Å². The van der Waals surface area contributed by atoms with E-state index >= 15 is 0 Å². The molecule has 2 rings (SSSR count). The molecule has 4 nitrogen and oxygen atoms in total. The first-order valence-corrected chi connectivity index (χ1v) is 7.97. The molecule has 21 heavy (non-hydrogen) atoms. The summed E-state index contributed by atoms with van der Waals surface area (Å²) in [5.41, 5.74) is 0.925. The zero-order valence-electron chi connectivity index (χ0n) is 13.2. The Kier molecular flexibility index (Phi) is 6.49. The molecule has 2 N–H and O–H groups in total. The third-order valence-corrected chi connectivity index (χ3v) is 4.14. The van der Waals surface area contributed by atoms with Crippen molar-refractivity contribution in [2.45, 2.75) is 38.3 Å². The highest BCUT2D eigenvalue weighted by atomic mass is 16.5. The summed E-state index contributed by atoms with van der Waals surface area (Å²) in [4.78, 5) is 2.51. The first kappa shape index (κ1) is 16.3. The average molecular weight is 292 g/mol. The van der Waals surface area contributed by atoms with Crippen LogP contribution in [0.15, 0.2) is 24.3 Å². The lowest BCUT2D eigenvalue weighted by Crippen LogP contribution is -2.42. The Balaban J connectivity index is 1.72. The van der Waals surface area contributed by atoms with Crippen molar-refractivity contribution in [2.75, 3.05) is 33.3 Å². The van der Waals surface area contributed by atoms with Gasteiger partial charge in [-0.05, 0) is 50.6 Å². The van der Waals surface area contributed by atoms with Crippen molar-refractivity contribution in [3.05, 3.63) is 29.8 Å². The molecule has 1 fully saturated rings. The van der Waals surface area contributed by atoms with Crippen LogP contribution < -0.4 is 10.1 Å². The van der Waals surface area contributed by atoms with Gasteiger partial charge >= 0.3 is 0 Å². The number of ether oxygens (including phenoxy) is 1. The van der Waals surface area contributed by atoms with Gasteiger partial charge in [0.2, 0.25) is 0 Å². The summed E-state index contributed by atoms with van der Waals surface area (Å²) >= 11 is 0. The summed E-state index contributed by atoms with van der Waals surface area (Å²) in [6.07, 6.45) is 3.54. The molecule has 1 heterocycles. The maximum absolute atomic E-state index is 10.2. The summed E-state index contributed by atoms with van der Waals surface area (Å²) in [5, 5.41) is 13.7. The Hall–Kier alpha value is -1.10. The standard InChI is InChI=1S/C17H28N2O2/c1-14(13-19-10-4-3-5-11-19)18-12-17(20)15-6-8-16(21-2)9-7-15/h6-9,14,17-18,20H,3-5,10-13H2,1-2H3. The van der Waals surface area contributed by atoms with Crippen LogP contribution in [0.3, 0.4) is 0 Å². The SMILES string of the molecule is COc1ccc(C(O)CNC(C)CN2CCCCC2)cc1. The molecule has 0 bridgehead atoms. The Morgan fingerprint density at radius 1 is 1.19 bits per heavy atom. The first-order valence-electron chi connectivity index (χ1n) is 7.97. The zero-order chi connectivity index (χ0) is 15.1. The van der Waals surface area contributed by atoms with Crippen LogP contribution in [0.25, 0.3) is 0 Å². The smallest absolute Gasteiger partial charge is 0.118 e. The maximum atomic E-state index is 10.2. The number of aliphatic hydroxyl groups excluding tert-OH is 1. The molecule has 1 saturated heterocycles. The van der Waals surface area contributed by atoms with Gasteiger partial charge in [-0.2, -0.15) is 0 Å². The number of hydrogen-bond donors (Lipinski definition) is 2. The van der Waals surface area contributed by atoms with E-state index in [1.165, 1.54) is 32.4 Å². The molecule has 0 amide bonds. The predicted octanol–water partition coefficient (Wildman–Crippen LogP) is 2.19. The molecule has 1 aromatic rings. The summed E-state index contributed by atoms with van der Waals surface area (Å²) in [5.74, 6) is 0.817. The molecule has 118 valence electrons. The second-order valence-electron chi connectivity index (χ2n) is 5.96. The molecular formula is C17H28N2O2. The minimum atomic E-state index is -0.472. The Bertz CT molecular complexity index is 402. The number of hydrogen-bond acceptors (Lipinski definition) is 4. The molecule has 4 heteroatoms.